The number of carboxylic acid groups (broad SMARTS) is 1. The Kier molecular flexibility index (Phi) is 4.82. The summed E-state index contributed by atoms with van der Waals surface area (Å²) in [5.74, 6) is -0.0215. The molecule has 1 aliphatic rings. The smallest absolute Gasteiger partial charge is 0.408 e. The van der Waals surface area contributed by atoms with Gasteiger partial charge in [0.1, 0.15) is 11.6 Å². The third-order valence-corrected chi connectivity index (χ3v) is 3.73. The summed E-state index contributed by atoms with van der Waals surface area (Å²) in [6, 6.07) is -0.859. The van der Waals surface area contributed by atoms with Gasteiger partial charge in [0.05, 0.1) is 0 Å². The van der Waals surface area contributed by atoms with Crippen molar-refractivity contribution >= 4 is 12.1 Å². The summed E-state index contributed by atoms with van der Waals surface area (Å²) in [6.45, 7) is 9.50. The lowest BCUT2D eigenvalue weighted by Gasteiger charge is -2.24. The second kappa shape index (κ2) is 5.80. The van der Waals surface area contributed by atoms with Crippen LogP contribution in [0.3, 0.4) is 0 Å². The largest absolute Gasteiger partial charge is 0.480 e. The molecule has 5 nitrogen and oxygen atoms in total. The van der Waals surface area contributed by atoms with Crippen LogP contribution in [-0.4, -0.2) is 28.8 Å². The lowest BCUT2D eigenvalue weighted by molar-refractivity contribution is -0.141. The van der Waals surface area contributed by atoms with Crippen LogP contribution in [-0.2, 0) is 9.53 Å². The number of carbonyl (C=O) groups excluding carboxylic acids is 1. The predicted molar refractivity (Wildman–Crippen MR) is 71.8 cm³/mol. The van der Waals surface area contributed by atoms with Crippen LogP contribution in [0.2, 0.25) is 0 Å². The Balaban J connectivity index is 2.64. The first-order valence-corrected chi connectivity index (χ1v) is 6.82. The van der Waals surface area contributed by atoms with Gasteiger partial charge in [-0.05, 0) is 51.4 Å². The summed E-state index contributed by atoms with van der Waals surface area (Å²) in [7, 11) is 0. The zero-order chi connectivity index (χ0) is 14.8. The molecule has 1 saturated carbocycles. The van der Waals surface area contributed by atoms with E-state index in [1.165, 1.54) is 0 Å². The Hall–Kier alpha value is -1.26. The summed E-state index contributed by atoms with van der Waals surface area (Å²) in [5, 5.41) is 11.8. The number of carbonyl (C=O) groups is 2. The highest BCUT2D eigenvalue weighted by molar-refractivity contribution is 5.80. The van der Waals surface area contributed by atoms with Gasteiger partial charge in [0.15, 0.2) is 0 Å². The number of carboxylic acids is 1. The molecule has 5 heteroatoms. The number of ether oxygens (including phenoxy) is 1. The Labute approximate surface area is 114 Å². The minimum absolute atomic E-state index is 0.0185. The average molecular weight is 271 g/mol. The number of alkyl carbamates (subject to hydrolysis) is 1. The van der Waals surface area contributed by atoms with Crippen LogP contribution in [0.4, 0.5) is 4.79 Å². The monoisotopic (exact) mass is 271 g/mol. The summed E-state index contributed by atoms with van der Waals surface area (Å²) in [5.41, 5.74) is -0.622. The molecule has 1 aliphatic carbocycles. The maximum Gasteiger partial charge on any atom is 0.408 e. The van der Waals surface area contributed by atoms with Crippen molar-refractivity contribution in [1.29, 1.82) is 0 Å². The van der Waals surface area contributed by atoms with Crippen molar-refractivity contribution in [2.45, 2.75) is 59.1 Å². The molecule has 2 N–H and O–H groups in total. The van der Waals surface area contributed by atoms with Crippen molar-refractivity contribution in [2.75, 3.05) is 0 Å². The maximum absolute atomic E-state index is 11.7. The first kappa shape index (κ1) is 15.8. The van der Waals surface area contributed by atoms with Crippen LogP contribution >= 0.6 is 0 Å². The van der Waals surface area contributed by atoms with Crippen LogP contribution in [0, 0.1) is 17.8 Å². The van der Waals surface area contributed by atoms with Crippen LogP contribution in [0.15, 0.2) is 0 Å². The number of hydrogen-bond donors (Lipinski definition) is 2. The van der Waals surface area contributed by atoms with E-state index < -0.39 is 23.7 Å². The molecule has 2 unspecified atom stereocenters. The summed E-state index contributed by atoms with van der Waals surface area (Å²) < 4.78 is 5.12. The molecule has 0 aliphatic heterocycles. The van der Waals surface area contributed by atoms with Gasteiger partial charge in [0.25, 0.3) is 0 Å². The summed E-state index contributed by atoms with van der Waals surface area (Å²) in [4.78, 5) is 23.0. The zero-order valence-corrected chi connectivity index (χ0v) is 12.4. The second-order valence-corrected chi connectivity index (χ2v) is 6.65. The Bertz CT molecular complexity index is 338. The molecule has 0 radical (unpaired) electrons. The minimum Gasteiger partial charge on any atom is -0.480 e. The lowest BCUT2D eigenvalue weighted by Crippen LogP contribution is -2.47. The zero-order valence-electron chi connectivity index (χ0n) is 12.4. The molecule has 0 heterocycles. The van der Waals surface area contributed by atoms with Gasteiger partial charge in [-0.1, -0.05) is 13.8 Å². The molecule has 1 rings (SSSR count). The Morgan fingerprint density at radius 3 is 2.05 bits per heavy atom. The van der Waals surface area contributed by atoms with E-state index in [1.54, 1.807) is 20.8 Å². The van der Waals surface area contributed by atoms with Crippen LogP contribution < -0.4 is 5.32 Å². The molecule has 0 spiro atoms. The summed E-state index contributed by atoms with van der Waals surface area (Å²) in [6.07, 6.45) is 0.995. The Morgan fingerprint density at radius 2 is 1.68 bits per heavy atom. The standard InChI is InChI=1S/C14H25NO4/c1-8-6-10(7-9(8)2)11(12(16)17)15-13(18)19-14(3,4)5/h8-11H,6-7H2,1-5H3,(H,15,18)(H,16,17)/t8-,9+,10?,11?. The fourth-order valence-electron chi connectivity index (χ4n) is 2.60. The average Bonchev–Trinajstić information content (AvgIpc) is 2.52. The van der Waals surface area contributed by atoms with Gasteiger partial charge in [-0.3, -0.25) is 0 Å². The van der Waals surface area contributed by atoms with Gasteiger partial charge in [-0.15, -0.1) is 0 Å². The van der Waals surface area contributed by atoms with Crippen molar-refractivity contribution < 1.29 is 19.4 Å². The van der Waals surface area contributed by atoms with E-state index in [4.69, 9.17) is 4.74 Å². The van der Waals surface area contributed by atoms with Crippen LogP contribution in [0.25, 0.3) is 0 Å². The molecular weight excluding hydrogens is 246 g/mol. The number of hydrogen-bond acceptors (Lipinski definition) is 3. The highest BCUT2D eigenvalue weighted by Gasteiger charge is 2.38. The van der Waals surface area contributed by atoms with E-state index in [0.717, 1.165) is 12.8 Å². The predicted octanol–water partition coefficient (Wildman–Crippen LogP) is 2.65. The summed E-state index contributed by atoms with van der Waals surface area (Å²) >= 11 is 0. The molecule has 0 bridgehead atoms. The van der Waals surface area contributed by atoms with Crippen molar-refractivity contribution in [3.05, 3.63) is 0 Å². The third kappa shape index (κ3) is 4.73. The van der Waals surface area contributed by atoms with Crippen LogP contribution in [0.1, 0.15) is 47.5 Å². The van der Waals surface area contributed by atoms with Gasteiger partial charge in [-0.2, -0.15) is 0 Å². The topological polar surface area (TPSA) is 75.6 Å². The highest BCUT2D eigenvalue weighted by Crippen LogP contribution is 2.37. The highest BCUT2D eigenvalue weighted by atomic mass is 16.6. The van der Waals surface area contributed by atoms with Crippen LogP contribution in [0.5, 0.6) is 0 Å². The number of amides is 1. The Morgan fingerprint density at radius 1 is 1.21 bits per heavy atom. The number of aliphatic carboxylic acids is 1. The molecule has 0 aromatic heterocycles. The minimum atomic E-state index is -0.989. The van der Waals surface area contributed by atoms with Crippen molar-refractivity contribution in [3.8, 4) is 0 Å². The molecule has 4 atom stereocenters. The quantitative estimate of drug-likeness (QED) is 0.827. The molecule has 19 heavy (non-hydrogen) atoms. The maximum atomic E-state index is 11.7. The molecule has 0 aromatic rings. The van der Waals surface area contributed by atoms with Gasteiger partial charge in [0, 0.05) is 0 Å². The normalized spacial score (nSPS) is 28.8. The first-order valence-electron chi connectivity index (χ1n) is 6.82. The van der Waals surface area contributed by atoms with Crippen molar-refractivity contribution in [1.82, 2.24) is 5.32 Å². The van der Waals surface area contributed by atoms with E-state index in [1.807, 2.05) is 0 Å². The van der Waals surface area contributed by atoms with E-state index in [2.05, 4.69) is 19.2 Å². The lowest BCUT2D eigenvalue weighted by atomic mass is 9.97. The van der Waals surface area contributed by atoms with Gasteiger partial charge in [-0.25, -0.2) is 9.59 Å². The third-order valence-electron chi connectivity index (χ3n) is 3.73. The molecule has 110 valence electrons. The molecule has 0 saturated heterocycles. The van der Waals surface area contributed by atoms with Gasteiger partial charge >= 0.3 is 12.1 Å². The molecule has 0 aromatic carbocycles. The number of nitrogens with one attached hydrogen (secondary N) is 1. The van der Waals surface area contributed by atoms with E-state index in [0.29, 0.717) is 11.8 Å². The van der Waals surface area contributed by atoms with E-state index >= 15 is 0 Å². The first-order chi connectivity index (χ1) is 8.60. The molecule has 1 amide bonds. The SMILES string of the molecule is C[C@@H]1CC(C(NC(=O)OC(C)(C)C)C(=O)O)C[C@@H]1C. The van der Waals surface area contributed by atoms with Gasteiger partial charge in [0.2, 0.25) is 0 Å². The van der Waals surface area contributed by atoms with Crippen molar-refractivity contribution in [3.63, 3.8) is 0 Å². The fraction of sp³-hybridized carbons (Fsp3) is 0.857. The van der Waals surface area contributed by atoms with Crippen molar-refractivity contribution in [2.24, 2.45) is 17.8 Å². The van der Waals surface area contributed by atoms with E-state index in [-0.39, 0.29) is 5.92 Å². The second-order valence-electron chi connectivity index (χ2n) is 6.65. The number of rotatable bonds is 3. The van der Waals surface area contributed by atoms with E-state index in [9.17, 15) is 14.7 Å². The fourth-order valence-corrected chi connectivity index (χ4v) is 2.60. The molecule has 1 fully saturated rings. The van der Waals surface area contributed by atoms with Gasteiger partial charge < -0.3 is 15.2 Å². The molecular formula is C14H25NO4.